The van der Waals surface area contributed by atoms with Crippen molar-refractivity contribution >= 4 is 17.5 Å². The van der Waals surface area contributed by atoms with Crippen LogP contribution in [-0.4, -0.2) is 34.9 Å². The highest BCUT2D eigenvalue weighted by Crippen LogP contribution is 2.37. The highest BCUT2D eigenvalue weighted by atomic mass is 19.1. The molecule has 0 unspecified atom stereocenters. The number of hydrogen-bond donors (Lipinski definition) is 2. The van der Waals surface area contributed by atoms with E-state index in [9.17, 15) is 9.18 Å². The van der Waals surface area contributed by atoms with Crippen LogP contribution in [0.25, 0.3) is 0 Å². The molecule has 38 heavy (non-hydrogen) atoms. The van der Waals surface area contributed by atoms with Gasteiger partial charge in [0.25, 0.3) is 5.91 Å². The number of ether oxygens (including phenoxy) is 3. The van der Waals surface area contributed by atoms with Gasteiger partial charge in [-0.05, 0) is 42.8 Å². The van der Waals surface area contributed by atoms with Crippen LogP contribution in [0.2, 0.25) is 0 Å². The second-order valence-electron chi connectivity index (χ2n) is 8.56. The SMILES string of the molecule is COc1ccc(NC(=O)C2=C(C)Nc3ncnn3[C@@H]2c2ccc(OCc3ccccc3F)cc2)c(OC)c1. The van der Waals surface area contributed by atoms with E-state index in [0.717, 1.165) is 5.56 Å². The number of carbonyl (C=O) groups is 1. The molecule has 0 saturated heterocycles. The van der Waals surface area contributed by atoms with Crippen molar-refractivity contribution < 1.29 is 23.4 Å². The second-order valence-corrected chi connectivity index (χ2v) is 8.56. The summed E-state index contributed by atoms with van der Waals surface area (Å²) in [5, 5.41) is 10.5. The number of nitrogens with one attached hydrogen (secondary N) is 2. The van der Waals surface area contributed by atoms with Gasteiger partial charge in [-0.2, -0.15) is 10.1 Å². The van der Waals surface area contributed by atoms with E-state index in [1.807, 2.05) is 19.1 Å². The lowest BCUT2D eigenvalue weighted by Gasteiger charge is -2.29. The van der Waals surface area contributed by atoms with Crippen molar-refractivity contribution in [1.82, 2.24) is 14.8 Å². The molecule has 0 radical (unpaired) electrons. The first kappa shape index (κ1) is 24.8. The molecule has 9 nitrogen and oxygen atoms in total. The lowest BCUT2D eigenvalue weighted by atomic mass is 9.95. The molecule has 0 spiro atoms. The smallest absolute Gasteiger partial charge is 0.255 e. The predicted molar refractivity (Wildman–Crippen MR) is 140 cm³/mol. The number of amides is 1. The maximum Gasteiger partial charge on any atom is 0.255 e. The van der Waals surface area contributed by atoms with E-state index in [4.69, 9.17) is 14.2 Å². The fourth-order valence-electron chi connectivity index (χ4n) is 4.31. The van der Waals surface area contributed by atoms with Gasteiger partial charge in [-0.3, -0.25) is 4.79 Å². The number of halogens is 1. The van der Waals surface area contributed by atoms with Crippen molar-refractivity contribution in [2.45, 2.75) is 19.6 Å². The predicted octanol–water partition coefficient (Wildman–Crippen LogP) is 4.94. The van der Waals surface area contributed by atoms with E-state index in [1.54, 1.807) is 60.3 Å². The average molecular weight is 516 g/mol. The third kappa shape index (κ3) is 4.88. The van der Waals surface area contributed by atoms with E-state index in [1.165, 1.54) is 19.5 Å². The van der Waals surface area contributed by atoms with Gasteiger partial charge in [0.05, 0.1) is 25.5 Å². The molecule has 2 heterocycles. The summed E-state index contributed by atoms with van der Waals surface area (Å²) in [5.74, 6) is 1.52. The molecular formula is C28H26FN5O4. The molecule has 0 fully saturated rings. The zero-order chi connectivity index (χ0) is 26.6. The summed E-state index contributed by atoms with van der Waals surface area (Å²) in [7, 11) is 3.09. The van der Waals surface area contributed by atoms with Gasteiger partial charge in [-0.25, -0.2) is 9.07 Å². The number of fused-ring (bicyclic) bond motifs is 1. The summed E-state index contributed by atoms with van der Waals surface area (Å²) >= 11 is 0. The number of anilines is 2. The van der Waals surface area contributed by atoms with E-state index >= 15 is 0 Å². The van der Waals surface area contributed by atoms with Gasteiger partial charge in [0.2, 0.25) is 5.95 Å². The van der Waals surface area contributed by atoms with E-state index in [0.29, 0.717) is 45.7 Å². The van der Waals surface area contributed by atoms with Crippen LogP contribution in [0.15, 0.2) is 84.3 Å². The van der Waals surface area contributed by atoms with E-state index in [-0.39, 0.29) is 18.3 Å². The Morgan fingerprint density at radius 2 is 1.82 bits per heavy atom. The van der Waals surface area contributed by atoms with Crippen molar-refractivity contribution in [1.29, 1.82) is 0 Å². The number of methoxy groups -OCH3 is 2. The molecule has 0 aliphatic carbocycles. The minimum atomic E-state index is -0.557. The van der Waals surface area contributed by atoms with Crippen LogP contribution < -0.4 is 24.8 Å². The van der Waals surface area contributed by atoms with Gasteiger partial charge in [0, 0.05) is 17.3 Å². The van der Waals surface area contributed by atoms with Gasteiger partial charge in [0.1, 0.15) is 42.0 Å². The lowest BCUT2D eigenvalue weighted by molar-refractivity contribution is -0.113. The van der Waals surface area contributed by atoms with E-state index in [2.05, 4.69) is 20.7 Å². The Morgan fingerprint density at radius 3 is 2.55 bits per heavy atom. The standard InChI is InChI=1S/C28H26FN5O4/c1-17-25(27(35)33-23-13-12-21(36-2)14-24(23)37-3)26(34-28(32-17)30-16-31-34)18-8-10-20(11-9-18)38-15-19-6-4-5-7-22(19)29/h4-14,16,26H,15H2,1-3H3,(H,33,35)(H,30,31,32)/t26-/m1/s1. The maximum atomic E-state index is 13.9. The number of rotatable bonds is 8. The van der Waals surface area contributed by atoms with Gasteiger partial charge in [-0.15, -0.1) is 0 Å². The van der Waals surface area contributed by atoms with Gasteiger partial charge in [0.15, 0.2) is 0 Å². The van der Waals surface area contributed by atoms with Gasteiger partial charge >= 0.3 is 0 Å². The molecule has 2 N–H and O–H groups in total. The van der Waals surface area contributed by atoms with Crippen molar-refractivity contribution in [2.75, 3.05) is 24.9 Å². The zero-order valence-corrected chi connectivity index (χ0v) is 21.1. The van der Waals surface area contributed by atoms with Gasteiger partial charge < -0.3 is 24.8 Å². The van der Waals surface area contributed by atoms with Crippen LogP contribution >= 0.6 is 0 Å². The second kappa shape index (κ2) is 10.6. The largest absolute Gasteiger partial charge is 0.497 e. The monoisotopic (exact) mass is 515 g/mol. The summed E-state index contributed by atoms with van der Waals surface area (Å²) < 4.78 is 32.1. The number of allylic oxidation sites excluding steroid dienone is 1. The molecule has 1 atom stereocenters. The average Bonchev–Trinajstić information content (AvgIpc) is 3.40. The highest BCUT2D eigenvalue weighted by molar-refractivity contribution is 6.06. The molecular weight excluding hydrogens is 489 g/mol. The Labute approximate surface area is 218 Å². The Balaban J connectivity index is 1.42. The molecule has 0 bridgehead atoms. The van der Waals surface area contributed by atoms with Crippen LogP contribution in [0.5, 0.6) is 17.2 Å². The summed E-state index contributed by atoms with van der Waals surface area (Å²) in [4.78, 5) is 17.9. The first-order valence-corrected chi connectivity index (χ1v) is 11.9. The third-order valence-electron chi connectivity index (χ3n) is 6.24. The Bertz CT molecular complexity index is 1500. The van der Waals surface area contributed by atoms with Crippen molar-refractivity contribution in [2.24, 2.45) is 0 Å². The molecule has 5 rings (SSSR count). The Kier molecular flexibility index (Phi) is 6.94. The maximum absolute atomic E-state index is 13.9. The third-order valence-corrected chi connectivity index (χ3v) is 6.24. The number of benzene rings is 3. The summed E-state index contributed by atoms with van der Waals surface area (Å²) in [5.41, 5.74) is 2.86. The van der Waals surface area contributed by atoms with Gasteiger partial charge in [-0.1, -0.05) is 30.3 Å². The van der Waals surface area contributed by atoms with Crippen molar-refractivity contribution in [3.05, 3.63) is 101 Å². The fourth-order valence-corrected chi connectivity index (χ4v) is 4.31. The fraction of sp³-hybridized carbons (Fsp3) is 0.179. The first-order valence-electron chi connectivity index (χ1n) is 11.9. The van der Waals surface area contributed by atoms with Crippen LogP contribution in [0.1, 0.15) is 24.1 Å². The summed E-state index contributed by atoms with van der Waals surface area (Å²) in [6, 6.07) is 18.4. The number of carbonyl (C=O) groups excluding carboxylic acids is 1. The van der Waals surface area contributed by atoms with E-state index < -0.39 is 6.04 Å². The van der Waals surface area contributed by atoms with Crippen LogP contribution in [0, 0.1) is 5.82 Å². The first-order chi connectivity index (χ1) is 18.5. The molecule has 1 aliphatic rings. The van der Waals surface area contributed by atoms with Crippen LogP contribution in [0.4, 0.5) is 16.0 Å². The molecule has 1 aromatic heterocycles. The summed E-state index contributed by atoms with van der Waals surface area (Å²) in [6.07, 6.45) is 1.43. The van der Waals surface area contributed by atoms with Crippen molar-refractivity contribution in [3.8, 4) is 17.2 Å². The number of hydrogen-bond acceptors (Lipinski definition) is 7. The van der Waals surface area contributed by atoms with Crippen LogP contribution in [-0.2, 0) is 11.4 Å². The van der Waals surface area contributed by atoms with Crippen LogP contribution in [0.3, 0.4) is 0 Å². The lowest BCUT2D eigenvalue weighted by Crippen LogP contribution is -2.31. The topological polar surface area (TPSA) is 99.5 Å². The molecule has 3 aromatic carbocycles. The minimum Gasteiger partial charge on any atom is -0.497 e. The summed E-state index contributed by atoms with van der Waals surface area (Å²) in [6.45, 7) is 1.92. The quantitative estimate of drug-likeness (QED) is 0.343. The zero-order valence-electron chi connectivity index (χ0n) is 21.1. The molecule has 4 aromatic rings. The molecule has 0 saturated carbocycles. The molecule has 10 heteroatoms. The number of nitrogens with zero attached hydrogens (tertiary/aromatic N) is 3. The Morgan fingerprint density at radius 1 is 1.05 bits per heavy atom. The number of aromatic nitrogens is 3. The molecule has 1 amide bonds. The molecule has 1 aliphatic heterocycles. The molecule has 194 valence electrons. The Hall–Kier alpha value is -4.86. The van der Waals surface area contributed by atoms with Crippen molar-refractivity contribution in [3.63, 3.8) is 0 Å². The minimum absolute atomic E-state index is 0.100. The normalized spacial score (nSPS) is 14.4. The highest BCUT2D eigenvalue weighted by Gasteiger charge is 2.33.